The Bertz CT molecular complexity index is 858. The van der Waals surface area contributed by atoms with Crippen LogP contribution < -0.4 is 4.90 Å². The highest BCUT2D eigenvalue weighted by atomic mass is 19.1. The molecule has 0 fully saturated rings. The van der Waals surface area contributed by atoms with Gasteiger partial charge in [-0.15, -0.1) is 0 Å². The van der Waals surface area contributed by atoms with Crippen LogP contribution in [-0.4, -0.2) is 22.6 Å². The molecular formula is C19H18FN3O. The molecule has 0 aliphatic carbocycles. The summed E-state index contributed by atoms with van der Waals surface area (Å²) in [4.78, 5) is 13.6. The summed E-state index contributed by atoms with van der Waals surface area (Å²) >= 11 is 0. The summed E-state index contributed by atoms with van der Waals surface area (Å²) in [5.41, 5.74) is 2.65. The predicted octanol–water partition coefficient (Wildman–Crippen LogP) is 3.85. The number of nitrogens with zero attached hydrogens (tertiary/aromatic N) is 3. The number of Topliss-reactive ketones (excluding diaryl/α,β-unsaturated/α-hetero) is 1. The first kappa shape index (κ1) is 15.9. The highest BCUT2D eigenvalue weighted by molar-refractivity contribution is 6.00. The van der Waals surface area contributed by atoms with E-state index < -0.39 is 5.82 Å². The smallest absolute Gasteiger partial charge is 0.164 e. The van der Waals surface area contributed by atoms with Crippen LogP contribution in [0, 0.1) is 5.82 Å². The molecule has 0 aliphatic rings. The molecule has 0 bridgehead atoms. The van der Waals surface area contributed by atoms with E-state index >= 15 is 0 Å². The number of carbonyl (C=O) groups is 1. The zero-order valence-electron chi connectivity index (χ0n) is 13.6. The minimum Gasteiger partial charge on any atom is -0.369 e. The van der Waals surface area contributed by atoms with Crippen molar-refractivity contribution in [2.75, 3.05) is 11.9 Å². The van der Waals surface area contributed by atoms with Crippen molar-refractivity contribution >= 4 is 11.5 Å². The van der Waals surface area contributed by atoms with Gasteiger partial charge in [-0.05, 0) is 31.2 Å². The molecular weight excluding hydrogens is 305 g/mol. The lowest BCUT2D eigenvalue weighted by Crippen LogP contribution is -2.19. The van der Waals surface area contributed by atoms with Crippen LogP contribution in [0.4, 0.5) is 10.1 Å². The molecule has 3 aromatic rings. The highest BCUT2D eigenvalue weighted by Gasteiger charge is 2.16. The van der Waals surface area contributed by atoms with Gasteiger partial charge in [-0.2, -0.15) is 5.10 Å². The Morgan fingerprint density at radius 2 is 1.92 bits per heavy atom. The zero-order chi connectivity index (χ0) is 17.1. The van der Waals surface area contributed by atoms with Crippen LogP contribution >= 0.6 is 0 Å². The third-order valence-electron chi connectivity index (χ3n) is 3.83. The van der Waals surface area contributed by atoms with Crippen molar-refractivity contribution in [3.63, 3.8) is 0 Å². The summed E-state index contributed by atoms with van der Waals surface area (Å²) in [5.74, 6) is -0.776. The van der Waals surface area contributed by atoms with E-state index in [9.17, 15) is 9.18 Å². The Balaban J connectivity index is 1.84. The van der Waals surface area contributed by atoms with Crippen LogP contribution in [0.5, 0.6) is 0 Å². The fourth-order valence-corrected chi connectivity index (χ4v) is 2.70. The van der Waals surface area contributed by atoms with Gasteiger partial charge in [0.25, 0.3) is 0 Å². The zero-order valence-corrected chi connectivity index (χ0v) is 13.6. The minimum absolute atomic E-state index is 0.121. The Hall–Kier alpha value is -2.95. The van der Waals surface area contributed by atoms with Gasteiger partial charge in [0.1, 0.15) is 5.82 Å². The molecule has 2 aromatic carbocycles. The molecule has 24 heavy (non-hydrogen) atoms. The number of hydrogen-bond acceptors (Lipinski definition) is 3. The number of aromatic nitrogens is 2. The normalized spacial score (nSPS) is 10.6. The second-order valence-electron chi connectivity index (χ2n) is 5.67. The van der Waals surface area contributed by atoms with Crippen LogP contribution in [0.1, 0.15) is 22.8 Å². The van der Waals surface area contributed by atoms with Gasteiger partial charge < -0.3 is 4.90 Å². The van der Waals surface area contributed by atoms with Crippen molar-refractivity contribution in [1.82, 2.24) is 9.78 Å². The summed E-state index contributed by atoms with van der Waals surface area (Å²) in [6.07, 6.45) is 3.70. The van der Waals surface area contributed by atoms with Crippen molar-refractivity contribution in [2.45, 2.75) is 13.5 Å². The summed E-state index contributed by atoms with van der Waals surface area (Å²) < 4.78 is 15.8. The largest absolute Gasteiger partial charge is 0.369 e. The lowest BCUT2D eigenvalue weighted by atomic mass is 10.1. The summed E-state index contributed by atoms with van der Waals surface area (Å²) in [7, 11) is 1.83. The van der Waals surface area contributed by atoms with Crippen molar-refractivity contribution in [3.05, 3.63) is 77.9 Å². The maximum absolute atomic E-state index is 14.0. The van der Waals surface area contributed by atoms with Gasteiger partial charge in [-0.25, -0.2) is 9.07 Å². The van der Waals surface area contributed by atoms with Crippen LogP contribution in [0.2, 0.25) is 0 Å². The first-order valence-corrected chi connectivity index (χ1v) is 7.66. The van der Waals surface area contributed by atoms with Crippen molar-refractivity contribution in [2.24, 2.45) is 0 Å². The molecule has 122 valence electrons. The van der Waals surface area contributed by atoms with Gasteiger partial charge in [-0.1, -0.05) is 24.3 Å². The van der Waals surface area contributed by atoms with Gasteiger partial charge in [0.2, 0.25) is 0 Å². The molecule has 0 saturated heterocycles. The Morgan fingerprint density at radius 1 is 1.17 bits per heavy atom. The lowest BCUT2D eigenvalue weighted by Gasteiger charge is -2.21. The molecule has 1 aromatic heterocycles. The molecule has 0 aliphatic heterocycles. The summed E-state index contributed by atoms with van der Waals surface area (Å²) in [6, 6.07) is 14.5. The number of carbonyl (C=O) groups excluding carboxylic acids is 1. The molecule has 0 saturated carbocycles. The number of hydrogen-bond donors (Lipinski definition) is 0. The quantitative estimate of drug-likeness (QED) is 0.669. The standard InChI is InChI=1S/C19H18FN3O/c1-14(24)19-17(20)9-6-10-18(19)22(2)12-15-11-21-23(13-15)16-7-4-3-5-8-16/h3-11,13H,12H2,1-2H3. The molecule has 0 atom stereocenters. The van der Waals surface area contributed by atoms with E-state index in [1.807, 2.05) is 48.5 Å². The first-order chi connectivity index (χ1) is 11.6. The van der Waals surface area contributed by atoms with Crippen LogP contribution in [-0.2, 0) is 6.54 Å². The van der Waals surface area contributed by atoms with Crippen LogP contribution in [0.15, 0.2) is 60.9 Å². The number of halogens is 1. The van der Waals surface area contributed by atoms with Crippen LogP contribution in [0.25, 0.3) is 5.69 Å². The van der Waals surface area contributed by atoms with Crippen molar-refractivity contribution in [1.29, 1.82) is 0 Å². The second kappa shape index (κ2) is 6.66. The Labute approximate surface area is 140 Å². The van der Waals surface area contributed by atoms with Crippen LogP contribution in [0.3, 0.4) is 0 Å². The molecule has 4 nitrogen and oxygen atoms in total. The maximum Gasteiger partial charge on any atom is 0.164 e. The monoisotopic (exact) mass is 323 g/mol. The highest BCUT2D eigenvalue weighted by Crippen LogP contribution is 2.24. The van der Waals surface area contributed by atoms with Gasteiger partial charge >= 0.3 is 0 Å². The number of para-hydroxylation sites is 1. The third-order valence-corrected chi connectivity index (χ3v) is 3.83. The van der Waals surface area contributed by atoms with E-state index in [-0.39, 0.29) is 11.3 Å². The van der Waals surface area contributed by atoms with E-state index in [1.54, 1.807) is 23.0 Å². The Kier molecular flexibility index (Phi) is 4.42. The van der Waals surface area contributed by atoms with E-state index in [2.05, 4.69) is 5.10 Å². The van der Waals surface area contributed by atoms with Crippen molar-refractivity contribution < 1.29 is 9.18 Å². The van der Waals surface area contributed by atoms with Gasteiger partial charge in [0.15, 0.2) is 5.78 Å². The van der Waals surface area contributed by atoms with E-state index in [0.717, 1.165) is 11.3 Å². The average molecular weight is 323 g/mol. The SMILES string of the molecule is CC(=O)c1c(F)cccc1N(C)Cc1cnn(-c2ccccc2)c1. The second-order valence-corrected chi connectivity index (χ2v) is 5.67. The van der Waals surface area contributed by atoms with Gasteiger partial charge in [-0.3, -0.25) is 4.79 Å². The molecule has 0 unspecified atom stereocenters. The molecule has 0 N–H and O–H groups in total. The average Bonchev–Trinajstić information content (AvgIpc) is 3.03. The maximum atomic E-state index is 14.0. The lowest BCUT2D eigenvalue weighted by molar-refractivity contribution is 0.101. The topological polar surface area (TPSA) is 38.1 Å². The molecule has 0 radical (unpaired) electrons. The number of ketones is 1. The number of benzene rings is 2. The third kappa shape index (κ3) is 3.20. The van der Waals surface area contributed by atoms with Gasteiger partial charge in [0.05, 0.1) is 23.1 Å². The summed E-state index contributed by atoms with van der Waals surface area (Å²) in [5, 5.41) is 4.36. The van der Waals surface area contributed by atoms with E-state index in [4.69, 9.17) is 0 Å². The fraction of sp³-hybridized carbons (Fsp3) is 0.158. The predicted molar refractivity (Wildman–Crippen MR) is 92.1 cm³/mol. The van der Waals surface area contributed by atoms with E-state index in [0.29, 0.717) is 12.2 Å². The fourth-order valence-electron chi connectivity index (χ4n) is 2.70. The molecule has 0 spiro atoms. The number of anilines is 1. The minimum atomic E-state index is -0.494. The molecule has 0 amide bonds. The number of rotatable bonds is 5. The van der Waals surface area contributed by atoms with Crippen molar-refractivity contribution in [3.8, 4) is 5.69 Å². The van der Waals surface area contributed by atoms with Gasteiger partial charge in [0, 0.05) is 25.4 Å². The molecule has 3 rings (SSSR count). The summed E-state index contributed by atoms with van der Waals surface area (Å²) in [6.45, 7) is 1.90. The van der Waals surface area contributed by atoms with E-state index in [1.165, 1.54) is 13.0 Å². The first-order valence-electron chi connectivity index (χ1n) is 7.66. The Morgan fingerprint density at radius 3 is 2.62 bits per heavy atom. The molecule has 5 heteroatoms. The molecule has 1 heterocycles.